The smallest absolute Gasteiger partial charge is 0.229 e. The molecule has 0 aliphatic rings. The van der Waals surface area contributed by atoms with Gasteiger partial charge in [-0.2, -0.15) is 10.2 Å². The molecule has 0 atom stereocenters. The van der Waals surface area contributed by atoms with Crippen LogP contribution in [0.4, 0.5) is 11.4 Å². The standard InChI is InChI=1S/C21H23N5O5S2/c1-32(28,29)25-17-11-16(12-18(13-17)26-33(2,30)31)19-7-5-15(20-4-3-9-23-24-20)10-14(19)6-8-21(22)27/h3-5,7,9-13,25-26H,6,8H2,1-2H3,(H2,22,27). The van der Waals surface area contributed by atoms with Crippen molar-refractivity contribution in [2.45, 2.75) is 12.8 Å². The van der Waals surface area contributed by atoms with Crippen molar-refractivity contribution < 1.29 is 21.6 Å². The molecule has 3 rings (SSSR count). The summed E-state index contributed by atoms with van der Waals surface area (Å²) in [5.74, 6) is -0.474. The zero-order valence-electron chi connectivity index (χ0n) is 17.9. The number of sulfonamides is 2. The summed E-state index contributed by atoms with van der Waals surface area (Å²) in [6.07, 6.45) is 3.96. The first kappa shape index (κ1) is 24.1. The first-order valence-corrected chi connectivity index (χ1v) is 13.5. The van der Waals surface area contributed by atoms with Crippen LogP contribution < -0.4 is 15.2 Å². The van der Waals surface area contributed by atoms with E-state index in [1.54, 1.807) is 36.5 Å². The van der Waals surface area contributed by atoms with E-state index in [9.17, 15) is 21.6 Å². The summed E-state index contributed by atoms with van der Waals surface area (Å²) in [6, 6.07) is 13.6. The van der Waals surface area contributed by atoms with Gasteiger partial charge in [0.2, 0.25) is 26.0 Å². The van der Waals surface area contributed by atoms with E-state index in [2.05, 4.69) is 19.6 Å². The Morgan fingerprint density at radius 3 is 2.06 bits per heavy atom. The average Bonchev–Trinajstić information content (AvgIpc) is 2.70. The van der Waals surface area contributed by atoms with Crippen molar-refractivity contribution in [2.24, 2.45) is 5.73 Å². The fourth-order valence-electron chi connectivity index (χ4n) is 3.28. The third-order valence-electron chi connectivity index (χ3n) is 4.46. The lowest BCUT2D eigenvalue weighted by molar-refractivity contribution is -0.117. The number of primary amides is 1. The Bertz CT molecular complexity index is 1340. The minimum atomic E-state index is -3.61. The van der Waals surface area contributed by atoms with Crippen LogP contribution in [0.3, 0.4) is 0 Å². The first-order chi connectivity index (χ1) is 15.4. The molecule has 0 unspecified atom stereocenters. The highest BCUT2D eigenvalue weighted by atomic mass is 32.2. The highest BCUT2D eigenvalue weighted by Crippen LogP contribution is 2.33. The molecule has 10 nitrogen and oxygen atoms in total. The molecular weight excluding hydrogens is 466 g/mol. The Kier molecular flexibility index (Phi) is 6.98. The van der Waals surface area contributed by atoms with Crippen molar-refractivity contribution in [2.75, 3.05) is 22.0 Å². The normalized spacial score (nSPS) is 11.7. The number of carbonyl (C=O) groups is 1. The summed E-state index contributed by atoms with van der Waals surface area (Å²) in [7, 11) is -7.23. The molecule has 33 heavy (non-hydrogen) atoms. The van der Waals surface area contributed by atoms with Crippen molar-refractivity contribution in [3.63, 3.8) is 0 Å². The third-order valence-corrected chi connectivity index (χ3v) is 5.68. The molecule has 0 bridgehead atoms. The molecule has 3 aromatic rings. The summed E-state index contributed by atoms with van der Waals surface area (Å²) in [6.45, 7) is 0. The highest BCUT2D eigenvalue weighted by molar-refractivity contribution is 7.92. The second kappa shape index (κ2) is 9.55. The van der Waals surface area contributed by atoms with Crippen LogP contribution in [0.25, 0.3) is 22.4 Å². The Labute approximate surface area is 192 Å². The quantitative estimate of drug-likeness (QED) is 0.414. The number of rotatable bonds is 9. The van der Waals surface area contributed by atoms with Gasteiger partial charge in [0.25, 0.3) is 0 Å². The Morgan fingerprint density at radius 2 is 1.55 bits per heavy atom. The number of benzene rings is 2. The molecule has 1 amide bonds. The Balaban J connectivity index is 2.16. The van der Waals surface area contributed by atoms with Gasteiger partial charge in [-0.3, -0.25) is 14.2 Å². The molecule has 0 aliphatic heterocycles. The SMILES string of the molecule is CS(=O)(=O)Nc1cc(NS(C)(=O)=O)cc(-c2ccc(-c3cccnn3)cc2CCC(N)=O)c1. The maximum atomic E-state index is 11.8. The fourth-order valence-corrected chi connectivity index (χ4v) is 4.38. The van der Waals surface area contributed by atoms with Crippen molar-refractivity contribution in [1.82, 2.24) is 10.2 Å². The van der Waals surface area contributed by atoms with E-state index < -0.39 is 26.0 Å². The van der Waals surface area contributed by atoms with Gasteiger partial charge in [0.1, 0.15) is 0 Å². The van der Waals surface area contributed by atoms with Gasteiger partial charge in [0, 0.05) is 18.2 Å². The molecule has 0 fully saturated rings. The molecule has 0 saturated heterocycles. The van der Waals surface area contributed by atoms with Crippen LogP contribution >= 0.6 is 0 Å². The van der Waals surface area contributed by atoms with Crippen LogP contribution in [0, 0.1) is 0 Å². The Hall–Kier alpha value is -3.51. The summed E-state index contributed by atoms with van der Waals surface area (Å²) in [5.41, 5.74) is 9.09. The summed E-state index contributed by atoms with van der Waals surface area (Å²) in [4.78, 5) is 11.4. The lowest BCUT2D eigenvalue weighted by Gasteiger charge is -2.15. The maximum absolute atomic E-state index is 11.8. The molecule has 174 valence electrons. The molecule has 4 N–H and O–H groups in total. The first-order valence-electron chi connectivity index (χ1n) is 9.70. The van der Waals surface area contributed by atoms with Crippen molar-refractivity contribution in [3.8, 4) is 22.4 Å². The number of hydrogen-bond acceptors (Lipinski definition) is 7. The molecule has 0 spiro atoms. The number of carbonyl (C=O) groups excluding carboxylic acids is 1. The van der Waals surface area contributed by atoms with E-state index in [1.165, 1.54) is 6.07 Å². The summed E-state index contributed by atoms with van der Waals surface area (Å²) in [5, 5.41) is 7.98. The molecule has 12 heteroatoms. The van der Waals surface area contributed by atoms with Crippen LogP contribution in [0.5, 0.6) is 0 Å². The number of anilines is 2. The lowest BCUT2D eigenvalue weighted by Crippen LogP contribution is -2.13. The topological polar surface area (TPSA) is 161 Å². The van der Waals surface area contributed by atoms with Gasteiger partial charge in [-0.15, -0.1) is 0 Å². The molecule has 0 aliphatic carbocycles. The largest absolute Gasteiger partial charge is 0.370 e. The number of nitrogens with one attached hydrogen (secondary N) is 2. The van der Waals surface area contributed by atoms with Gasteiger partial charge < -0.3 is 5.73 Å². The van der Waals surface area contributed by atoms with Gasteiger partial charge in [-0.25, -0.2) is 16.8 Å². The van der Waals surface area contributed by atoms with Gasteiger partial charge >= 0.3 is 0 Å². The highest BCUT2D eigenvalue weighted by Gasteiger charge is 2.14. The fraction of sp³-hybridized carbons (Fsp3) is 0.190. The molecule has 1 heterocycles. The van der Waals surface area contributed by atoms with Crippen LogP contribution in [-0.4, -0.2) is 45.5 Å². The monoisotopic (exact) mass is 489 g/mol. The van der Waals surface area contributed by atoms with Crippen LogP contribution in [0.2, 0.25) is 0 Å². The van der Waals surface area contributed by atoms with Gasteiger partial charge in [-0.1, -0.05) is 12.1 Å². The molecule has 1 aromatic heterocycles. The van der Waals surface area contributed by atoms with Crippen molar-refractivity contribution >= 4 is 37.3 Å². The maximum Gasteiger partial charge on any atom is 0.229 e. The molecule has 0 radical (unpaired) electrons. The second-order valence-electron chi connectivity index (χ2n) is 7.49. The zero-order chi connectivity index (χ0) is 24.2. The van der Waals surface area contributed by atoms with Crippen LogP contribution in [-0.2, 0) is 31.3 Å². The summed E-state index contributed by atoms with van der Waals surface area (Å²) >= 11 is 0. The zero-order valence-corrected chi connectivity index (χ0v) is 19.6. The number of nitrogens with zero attached hydrogens (tertiary/aromatic N) is 2. The number of amides is 1. The average molecular weight is 490 g/mol. The van der Waals surface area contributed by atoms with Gasteiger partial charge in [0.05, 0.1) is 29.6 Å². The predicted octanol–water partition coefficient (Wildman–Crippen LogP) is 1.97. The van der Waals surface area contributed by atoms with E-state index in [0.29, 0.717) is 23.2 Å². The number of nitrogens with two attached hydrogens (primary N) is 1. The minimum Gasteiger partial charge on any atom is -0.370 e. The van der Waals surface area contributed by atoms with E-state index >= 15 is 0 Å². The van der Waals surface area contributed by atoms with Gasteiger partial charge in [0.15, 0.2) is 0 Å². The number of hydrogen-bond donors (Lipinski definition) is 3. The minimum absolute atomic E-state index is 0.0899. The van der Waals surface area contributed by atoms with Crippen LogP contribution in [0.1, 0.15) is 12.0 Å². The predicted molar refractivity (Wildman–Crippen MR) is 127 cm³/mol. The third kappa shape index (κ3) is 7.26. The Morgan fingerprint density at radius 1 is 0.909 bits per heavy atom. The van der Waals surface area contributed by atoms with E-state index in [0.717, 1.165) is 23.6 Å². The molecular formula is C21H23N5O5S2. The van der Waals surface area contributed by atoms with Crippen molar-refractivity contribution in [1.29, 1.82) is 0 Å². The lowest BCUT2D eigenvalue weighted by atomic mass is 9.93. The van der Waals surface area contributed by atoms with E-state index in [4.69, 9.17) is 5.73 Å². The van der Waals surface area contributed by atoms with Gasteiger partial charge in [-0.05, 0) is 59.5 Å². The summed E-state index contributed by atoms with van der Waals surface area (Å²) < 4.78 is 51.8. The van der Waals surface area contributed by atoms with E-state index in [1.807, 2.05) is 12.1 Å². The second-order valence-corrected chi connectivity index (χ2v) is 11.0. The number of aromatic nitrogens is 2. The van der Waals surface area contributed by atoms with E-state index in [-0.39, 0.29) is 17.8 Å². The molecule has 2 aromatic carbocycles. The molecule has 0 saturated carbocycles. The van der Waals surface area contributed by atoms with Crippen molar-refractivity contribution in [3.05, 3.63) is 60.3 Å². The number of aryl methyl sites for hydroxylation is 1. The van der Waals surface area contributed by atoms with Crippen LogP contribution in [0.15, 0.2) is 54.7 Å².